The third-order valence-corrected chi connectivity index (χ3v) is 22.5. The van der Waals surface area contributed by atoms with E-state index in [-0.39, 0.29) is 19.5 Å². The van der Waals surface area contributed by atoms with E-state index in [0.29, 0.717) is 37.0 Å². The fourth-order valence-corrected chi connectivity index (χ4v) is 20.9. The zero-order valence-corrected chi connectivity index (χ0v) is 41.1. The Kier molecular flexibility index (Phi) is 28.4. The molecule has 0 bridgehead atoms. The maximum absolute atomic E-state index is 8.35. The summed E-state index contributed by atoms with van der Waals surface area (Å²) in [4.78, 5) is 7.50. The molecule has 0 atom stereocenters. The van der Waals surface area contributed by atoms with E-state index in [1.54, 1.807) is 203 Å². The van der Waals surface area contributed by atoms with Crippen LogP contribution in [0.1, 0.15) is 204 Å². The summed E-state index contributed by atoms with van der Waals surface area (Å²) in [5, 5.41) is 17.9. The van der Waals surface area contributed by atoms with E-state index >= 15 is 0 Å². The van der Waals surface area contributed by atoms with E-state index in [0.717, 1.165) is 0 Å². The molecule has 6 aliphatic carbocycles. The van der Waals surface area contributed by atoms with E-state index in [4.69, 9.17) is 38.5 Å². The Morgan fingerprint density at radius 2 is 0.610 bits per heavy atom. The molecule has 3 nitrogen and oxygen atoms in total. The van der Waals surface area contributed by atoms with E-state index in [9.17, 15) is 0 Å². The van der Waals surface area contributed by atoms with Crippen LogP contribution in [0, 0.1) is 22.7 Å². The molecule has 0 aliphatic heterocycles. The van der Waals surface area contributed by atoms with Gasteiger partial charge in [0.1, 0.15) is 0 Å². The summed E-state index contributed by atoms with van der Waals surface area (Å²) in [6.07, 6.45) is 47.2. The number of carbonyl (C=O) groups excluding carboxylic acids is 1. The van der Waals surface area contributed by atoms with Crippen LogP contribution in [-0.2, 0) is 24.3 Å². The van der Waals surface area contributed by atoms with Crippen LogP contribution in [0.4, 0.5) is 0 Å². The number of hydrogen-bond donors (Lipinski definition) is 0. The number of nitriles is 2. The van der Waals surface area contributed by atoms with Crippen LogP contribution in [0.15, 0.2) is 48.5 Å². The summed E-state index contributed by atoms with van der Waals surface area (Å²) in [6, 6.07) is 17.6. The summed E-state index contributed by atoms with van der Waals surface area (Å²) < 4.78 is 0. The first-order chi connectivity index (χ1) is 28.6. The van der Waals surface area contributed by atoms with Gasteiger partial charge in [0.05, 0.1) is 23.3 Å². The average molecular weight is 965 g/mol. The monoisotopic (exact) mass is 964 g/mol. The fraction of sp³-hybridized carbons (Fsp3) is 0.706. The Morgan fingerprint density at radius 1 is 0.407 bits per heavy atom. The molecule has 2 radical (unpaired) electrons. The molecule has 0 saturated heterocycles. The van der Waals surface area contributed by atoms with Gasteiger partial charge in [-0.05, 0) is 147 Å². The molecule has 0 N–H and O–H groups in total. The first-order valence-corrected chi connectivity index (χ1v) is 27.5. The van der Waals surface area contributed by atoms with Gasteiger partial charge in [-0.15, -0.1) is 0 Å². The average Bonchev–Trinajstić information content (AvgIpc) is 3.30. The second-order valence-electron chi connectivity index (χ2n) is 17.9. The number of benzene rings is 2. The standard InChI is InChI=1S/2C18H33P.2C7H4ClN.CO.Ru/c2*1-4-10-16(11-5-1)19(17-12-6-2-7-13-17)18-14-8-3-9-15-18;2*8-7-3-1-2-6(4-7)5-9;1-2;/h2*16-18H,1-15H2;2*1-4H;;. The van der Waals surface area contributed by atoms with Gasteiger partial charge in [-0.25, -0.2) is 0 Å². The van der Waals surface area contributed by atoms with Crippen molar-refractivity contribution in [1.29, 1.82) is 10.5 Å². The number of hydrogen-bond acceptors (Lipinski definition) is 3. The van der Waals surface area contributed by atoms with Crippen molar-refractivity contribution in [3.63, 3.8) is 0 Å². The van der Waals surface area contributed by atoms with Crippen LogP contribution < -0.4 is 0 Å². The smallest absolute Gasteiger partial charge is 0.281 e. The predicted molar refractivity (Wildman–Crippen MR) is 253 cm³/mol. The van der Waals surface area contributed by atoms with Crippen LogP contribution in [0.25, 0.3) is 0 Å². The van der Waals surface area contributed by atoms with Gasteiger partial charge in [-0.2, -0.15) is 10.5 Å². The Bertz CT molecular complexity index is 1270. The minimum atomic E-state index is 0. The minimum absolute atomic E-state index is 0. The Morgan fingerprint density at radius 3 is 0.763 bits per heavy atom. The normalized spacial score (nSPS) is 21.3. The van der Waals surface area contributed by atoms with Crippen LogP contribution in [0.2, 0.25) is 10.0 Å². The second kappa shape index (κ2) is 31.9. The Balaban J connectivity index is 0.000000218. The molecule has 59 heavy (non-hydrogen) atoms. The molecule has 2 aromatic carbocycles. The van der Waals surface area contributed by atoms with Gasteiger partial charge in [-0.1, -0.05) is 167 Å². The predicted octanol–water partition coefficient (Wildman–Crippen LogP) is 17.0. The maximum atomic E-state index is 8.35. The van der Waals surface area contributed by atoms with Gasteiger partial charge in [0.25, 0.3) is 6.79 Å². The maximum Gasteiger partial charge on any atom is 0.281 e. The molecule has 8 rings (SSSR count). The van der Waals surface area contributed by atoms with Crippen LogP contribution in [0.5, 0.6) is 0 Å². The molecule has 6 saturated carbocycles. The molecule has 0 aromatic heterocycles. The van der Waals surface area contributed by atoms with Crippen molar-refractivity contribution in [3.8, 4) is 12.1 Å². The van der Waals surface area contributed by atoms with Gasteiger partial charge in [0.15, 0.2) is 0 Å². The summed E-state index contributed by atoms with van der Waals surface area (Å²) in [7, 11) is 0.770. The number of halogens is 2. The quantitative estimate of drug-likeness (QED) is 0.214. The largest absolute Gasteiger partial charge is 0.281 e. The van der Waals surface area contributed by atoms with Crippen molar-refractivity contribution >= 4 is 45.8 Å². The summed E-state index contributed by atoms with van der Waals surface area (Å²) in [5.74, 6) is 0. The fourth-order valence-electron chi connectivity index (χ4n) is 11.2. The molecule has 6 fully saturated rings. The molecule has 0 spiro atoms. The van der Waals surface area contributed by atoms with Crippen molar-refractivity contribution in [2.45, 2.75) is 227 Å². The van der Waals surface area contributed by atoms with Crippen LogP contribution in [-0.4, -0.2) is 40.7 Å². The van der Waals surface area contributed by atoms with E-state index < -0.39 is 0 Å². The molecular formula is C51H74Cl2N2OP2Ru. The van der Waals surface area contributed by atoms with E-state index in [2.05, 4.69) is 6.79 Å². The molecule has 2 aromatic rings. The molecule has 6 aliphatic rings. The van der Waals surface area contributed by atoms with Crippen molar-refractivity contribution in [1.82, 2.24) is 0 Å². The third kappa shape index (κ3) is 19.2. The van der Waals surface area contributed by atoms with Gasteiger partial charge in [0, 0.05) is 29.5 Å². The topological polar surface area (TPSA) is 64.7 Å². The van der Waals surface area contributed by atoms with Gasteiger partial charge < -0.3 is 0 Å². The molecule has 326 valence electrons. The summed E-state index contributed by atoms with van der Waals surface area (Å²) >= 11 is 11.1. The van der Waals surface area contributed by atoms with E-state index in [1.807, 2.05) is 12.1 Å². The first kappa shape index (κ1) is 52.5. The minimum Gasteiger partial charge on any atom is -0.281 e. The molecule has 0 heterocycles. The zero-order valence-electron chi connectivity index (χ0n) is 36.1. The second-order valence-corrected chi connectivity index (χ2v) is 24.9. The van der Waals surface area contributed by atoms with Gasteiger partial charge in [-0.3, -0.25) is 4.79 Å². The number of nitrogens with zero attached hydrogens (tertiary/aromatic N) is 2. The van der Waals surface area contributed by atoms with Crippen molar-refractivity contribution in [2.24, 2.45) is 0 Å². The Labute approximate surface area is 386 Å². The first-order valence-electron chi connectivity index (χ1n) is 23.6. The SMILES string of the molecule is C1CCC(P(C2CCCCC2)C2CCCCC2)CC1.C1CCC(P(C2CCCCC2)C2CCCCC2)CC1.N#Cc1cccc(Cl)c1.N#Cc1cccc(Cl)c1.[C]=O.[Ru]. The van der Waals surface area contributed by atoms with E-state index in [1.165, 1.54) is 72.5 Å². The van der Waals surface area contributed by atoms with Crippen molar-refractivity contribution < 1.29 is 24.3 Å². The molecule has 0 amide bonds. The summed E-state index contributed by atoms with van der Waals surface area (Å²) in [5.41, 5.74) is 8.34. The zero-order chi connectivity index (χ0) is 41.2. The molecular weight excluding hydrogens is 890 g/mol. The van der Waals surface area contributed by atoms with Crippen molar-refractivity contribution in [2.75, 3.05) is 0 Å². The summed E-state index contributed by atoms with van der Waals surface area (Å²) in [6.45, 7) is 4.50. The molecule has 8 heteroatoms. The van der Waals surface area contributed by atoms with Crippen LogP contribution in [0.3, 0.4) is 0 Å². The Hall–Kier alpha value is -0.847. The van der Waals surface area contributed by atoms with Crippen LogP contribution >= 0.6 is 39.0 Å². The van der Waals surface area contributed by atoms with Gasteiger partial charge in [0.2, 0.25) is 0 Å². The third-order valence-electron chi connectivity index (χ3n) is 13.9. The molecule has 0 unspecified atom stereocenters. The number of rotatable bonds is 6. The van der Waals surface area contributed by atoms with Crippen molar-refractivity contribution in [3.05, 3.63) is 69.7 Å². The van der Waals surface area contributed by atoms with Gasteiger partial charge >= 0.3 is 0 Å².